The molecule has 0 spiro atoms. The number of hydrogen-bond acceptors (Lipinski definition) is 5. The minimum absolute atomic E-state index is 0.106. The molecule has 3 aromatic heterocycles. The van der Waals surface area contributed by atoms with Crippen molar-refractivity contribution >= 4 is 11.4 Å². The number of fused-ring (bicyclic) bond motifs is 1. The Kier molecular flexibility index (Phi) is 5.16. The number of piperidine rings is 1. The van der Waals surface area contributed by atoms with Crippen LogP contribution in [0.4, 0.5) is 0 Å². The van der Waals surface area contributed by atoms with Crippen LogP contribution in [0, 0.1) is 30.1 Å². The minimum atomic E-state index is -0.106. The van der Waals surface area contributed by atoms with E-state index in [0.29, 0.717) is 29.9 Å². The Bertz CT molecular complexity index is 1210. The number of likely N-dealkylation sites (tertiary alicyclic amines) is 1. The van der Waals surface area contributed by atoms with Crippen LogP contribution in [0.2, 0.25) is 0 Å². The summed E-state index contributed by atoms with van der Waals surface area (Å²) in [6, 6.07) is 4.29. The van der Waals surface area contributed by atoms with Crippen molar-refractivity contribution in [3.05, 3.63) is 35.9 Å². The zero-order chi connectivity index (χ0) is 21.3. The molecular formula is C22H22N6O2. The molecule has 0 saturated carbocycles. The van der Waals surface area contributed by atoms with Crippen molar-refractivity contribution in [2.24, 2.45) is 0 Å². The molecule has 0 aromatic carbocycles. The molecule has 0 radical (unpaired) electrons. The van der Waals surface area contributed by atoms with Crippen LogP contribution in [-0.2, 0) is 4.79 Å². The molecule has 0 atom stereocenters. The molecule has 0 bridgehead atoms. The Labute approximate surface area is 174 Å². The summed E-state index contributed by atoms with van der Waals surface area (Å²) < 4.78 is 9.23. The Morgan fingerprint density at radius 1 is 1.27 bits per heavy atom. The number of nitriles is 1. The lowest BCUT2D eigenvalue weighted by atomic mass is 10.0. The highest BCUT2D eigenvalue weighted by Gasteiger charge is 2.25. The van der Waals surface area contributed by atoms with Crippen molar-refractivity contribution in [2.45, 2.75) is 32.7 Å². The number of nitrogens with zero attached hydrogens (tertiary/aromatic N) is 6. The Morgan fingerprint density at radius 2 is 2.03 bits per heavy atom. The maximum Gasteiger partial charge on any atom is 0.298 e. The van der Waals surface area contributed by atoms with E-state index >= 15 is 0 Å². The first kappa shape index (κ1) is 19.5. The number of aromatic nitrogens is 4. The van der Waals surface area contributed by atoms with Crippen LogP contribution in [0.1, 0.15) is 37.1 Å². The summed E-state index contributed by atoms with van der Waals surface area (Å²) in [4.78, 5) is 13.8. The normalized spacial score (nSPS) is 14.3. The second-order valence-electron chi connectivity index (χ2n) is 7.25. The number of amides is 1. The molecule has 4 heterocycles. The van der Waals surface area contributed by atoms with Gasteiger partial charge in [-0.05, 0) is 38.7 Å². The minimum Gasteiger partial charge on any atom is -0.494 e. The molecule has 8 heteroatoms. The average Bonchev–Trinajstić information content (AvgIpc) is 3.36. The molecular weight excluding hydrogens is 380 g/mol. The van der Waals surface area contributed by atoms with E-state index in [1.807, 2.05) is 30.1 Å². The van der Waals surface area contributed by atoms with Gasteiger partial charge in [0, 0.05) is 36.1 Å². The molecule has 1 aliphatic heterocycles. The Balaban J connectivity index is 1.62. The first-order valence-electron chi connectivity index (χ1n) is 9.79. The molecule has 1 amide bonds. The van der Waals surface area contributed by atoms with Gasteiger partial charge < -0.3 is 9.64 Å². The van der Waals surface area contributed by atoms with E-state index in [9.17, 15) is 10.1 Å². The van der Waals surface area contributed by atoms with Crippen LogP contribution >= 0.6 is 0 Å². The smallest absolute Gasteiger partial charge is 0.298 e. The van der Waals surface area contributed by atoms with Crippen LogP contribution in [0.25, 0.3) is 16.6 Å². The van der Waals surface area contributed by atoms with Crippen molar-refractivity contribution < 1.29 is 9.53 Å². The lowest BCUT2D eigenvalue weighted by molar-refractivity contribution is -0.126. The maximum absolute atomic E-state index is 12.0. The van der Waals surface area contributed by atoms with Crippen LogP contribution in [0.5, 0.6) is 5.75 Å². The molecule has 4 rings (SSSR count). The van der Waals surface area contributed by atoms with Gasteiger partial charge in [-0.2, -0.15) is 15.5 Å². The highest BCUT2D eigenvalue weighted by atomic mass is 16.5. The van der Waals surface area contributed by atoms with Gasteiger partial charge in [0.15, 0.2) is 0 Å². The third kappa shape index (κ3) is 3.27. The summed E-state index contributed by atoms with van der Waals surface area (Å²) in [5.41, 5.74) is 4.07. The zero-order valence-electron chi connectivity index (χ0n) is 17.2. The molecule has 30 heavy (non-hydrogen) atoms. The second kappa shape index (κ2) is 7.92. The average molecular weight is 402 g/mol. The Morgan fingerprint density at radius 3 is 2.70 bits per heavy atom. The van der Waals surface area contributed by atoms with Gasteiger partial charge in [-0.3, -0.25) is 9.48 Å². The summed E-state index contributed by atoms with van der Waals surface area (Å²) in [6.45, 7) is 5.08. The molecule has 1 saturated heterocycles. The third-order valence-electron chi connectivity index (χ3n) is 5.60. The molecule has 1 fully saturated rings. The van der Waals surface area contributed by atoms with Gasteiger partial charge in [0.2, 0.25) is 0 Å². The van der Waals surface area contributed by atoms with Crippen LogP contribution in [0.15, 0.2) is 24.7 Å². The fourth-order valence-electron chi connectivity index (χ4n) is 4.04. The monoisotopic (exact) mass is 402 g/mol. The van der Waals surface area contributed by atoms with Gasteiger partial charge in [-0.15, -0.1) is 0 Å². The number of hydrogen-bond donors (Lipinski definition) is 0. The van der Waals surface area contributed by atoms with E-state index in [4.69, 9.17) is 4.74 Å². The van der Waals surface area contributed by atoms with Crippen LogP contribution in [-0.4, -0.2) is 50.4 Å². The fourth-order valence-corrected chi connectivity index (χ4v) is 4.04. The predicted molar refractivity (Wildman–Crippen MR) is 111 cm³/mol. The van der Waals surface area contributed by atoms with Gasteiger partial charge in [-0.1, -0.05) is 5.92 Å². The first-order chi connectivity index (χ1) is 14.6. The van der Waals surface area contributed by atoms with Crippen LogP contribution < -0.4 is 4.74 Å². The highest BCUT2D eigenvalue weighted by molar-refractivity contribution is 5.93. The summed E-state index contributed by atoms with van der Waals surface area (Å²) in [5, 5.41) is 18.2. The number of rotatable bonds is 3. The van der Waals surface area contributed by atoms with Crippen molar-refractivity contribution in [1.29, 1.82) is 5.26 Å². The lowest BCUT2D eigenvalue weighted by Crippen LogP contribution is -2.38. The lowest BCUT2D eigenvalue weighted by Gasteiger charge is -2.31. The second-order valence-corrected chi connectivity index (χ2v) is 7.25. The number of ether oxygens (including phenoxy) is 1. The third-order valence-corrected chi connectivity index (χ3v) is 5.60. The molecule has 152 valence electrons. The van der Waals surface area contributed by atoms with E-state index in [2.05, 4.69) is 28.1 Å². The quantitative estimate of drug-likeness (QED) is 0.628. The van der Waals surface area contributed by atoms with Crippen LogP contribution in [0.3, 0.4) is 0 Å². The van der Waals surface area contributed by atoms with Crippen molar-refractivity contribution in [1.82, 2.24) is 24.3 Å². The van der Waals surface area contributed by atoms with Gasteiger partial charge in [-0.25, -0.2) is 4.52 Å². The summed E-state index contributed by atoms with van der Waals surface area (Å²) in [7, 11) is 1.58. The SMILES string of the molecule is CC#CC(=O)N1CCC(n2ncc(-c3cc(OC)c4c(C#N)cnn4c3)c2C)CC1. The van der Waals surface area contributed by atoms with E-state index in [1.54, 1.807) is 23.4 Å². The summed E-state index contributed by atoms with van der Waals surface area (Å²) >= 11 is 0. The standard InChI is InChI=1S/C22H22N6O2/c1-4-5-21(29)26-8-6-18(7-9-26)28-15(2)19(13-25-28)16-10-20(30-3)22-17(11-23)12-24-27(22)14-16/h10,12-14,18H,6-9H2,1-3H3. The molecule has 8 nitrogen and oxygen atoms in total. The maximum atomic E-state index is 12.0. The van der Waals surface area contributed by atoms with Crippen molar-refractivity contribution in [3.8, 4) is 34.8 Å². The number of pyridine rings is 1. The van der Waals surface area contributed by atoms with Gasteiger partial charge in [0.05, 0.1) is 25.5 Å². The summed E-state index contributed by atoms with van der Waals surface area (Å²) in [6.07, 6.45) is 6.96. The Hall–Kier alpha value is -3.78. The van der Waals surface area contributed by atoms with Crippen molar-refractivity contribution in [2.75, 3.05) is 20.2 Å². The number of carbonyl (C=O) groups excluding carboxylic acids is 1. The van der Waals surface area contributed by atoms with Gasteiger partial charge in [0.25, 0.3) is 5.91 Å². The highest BCUT2D eigenvalue weighted by Crippen LogP contribution is 2.33. The first-order valence-corrected chi connectivity index (χ1v) is 9.79. The topological polar surface area (TPSA) is 88.5 Å². The molecule has 0 unspecified atom stereocenters. The van der Waals surface area contributed by atoms with E-state index in [-0.39, 0.29) is 11.9 Å². The van der Waals surface area contributed by atoms with Gasteiger partial charge >= 0.3 is 0 Å². The largest absolute Gasteiger partial charge is 0.494 e. The van der Waals surface area contributed by atoms with Crippen molar-refractivity contribution in [3.63, 3.8) is 0 Å². The molecule has 0 N–H and O–H groups in total. The molecule has 3 aromatic rings. The number of methoxy groups -OCH3 is 1. The van der Waals surface area contributed by atoms with E-state index in [0.717, 1.165) is 29.7 Å². The summed E-state index contributed by atoms with van der Waals surface area (Å²) in [5.74, 6) is 5.77. The molecule has 1 aliphatic rings. The molecule has 0 aliphatic carbocycles. The fraction of sp³-hybridized carbons (Fsp3) is 0.364. The van der Waals surface area contributed by atoms with E-state index < -0.39 is 0 Å². The number of carbonyl (C=O) groups is 1. The van der Waals surface area contributed by atoms with E-state index in [1.165, 1.54) is 6.20 Å². The van der Waals surface area contributed by atoms with Gasteiger partial charge in [0.1, 0.15) is 22.9 Å². The predicted octanol–water partition coefficient (Wildman–Crippen LogP) is 2.57. The zero-order valence-corrected chi connectivity index (χ0v) is 17.2.